The first-order valence-corrected chi connectivity index (χ1v) is 7.26. The van der Waals surface area contributed by atoms with Crippen molar-refractivity contribution < 1.29 is 4.79 Å². The SMILES string of the molecule is CCN(CC)C(=O)NCCCCCCn1ccnc1. The Balaban J connectivity index is 1.95. The number of rotatable bonds is 9. The molecule has 2 amide bonds. The van der Waals surface area contributed by atoms with Gasteiger partial charge in [0.2, 0.25) is 0 Å². The third-order valence-corrected chi connectivity index (χ3v) is 3.23. The van der Waals surface area contributed by atoms with Gasteiger partial charge in [0, 0.05) is 38.6 Å². The van der Waals surface area contributed by atoms with Crippen LogP contribution >= 0.6 is 0 Å². The topological polar surface area (TPSA) is 50.2 Å². The van der Waals surface area contributed by atoms with Crippen LogP contribution in [0, 0.1) is 0 Å². The lowest BCUT2D eigenvalue weighted by Gasteiger charge is -2.19. The van der Waals surface area contributed by atoms with Gasteiger partial charge in [0.15, 0.2) is 0 Å². The number of aryl methyl sites for hydroxylation is 1. The molecule has 0 spiro atoms. The van der Waals surface area contributed by atoms with Crippen molar-refractivity contribution in [2.24, 2.45) is 0 Å². The van der Waals surface area contributed by atoms with Gasteiger partial charge in [0.1, 0.15) is 0 Å². The molecule has 0 aliphatic heterocycles. The van der Waals surface area contributed by atoms with E-state index in [9.17, 15) is 4.79 Å². The van der Waals surface area contributed by atoms with Gasteiger partial charge in [-0.3, -0.25) is 0 Å². The summed E-state index contributed by atoms with van der Waals surface area (Å²) in [5, 5.41) is 2.96. The average molecular weight is 266 g/mol. The van der Waals surface area contributed by atoms with E-state index in [-0.39, 0.29) is 6.03 Å². The lowest BCUT2D eigenvalue weighted by molar-refractivity contribution is 0.203. The van der Waals surface area contributed by atoms with Crippen molar-refractivity contribution in [2.45, 2.75) is 46.1 Å². The van der Waals surface area contributed by atoms with Crippen molar-refractivity contribution in [2.75, 3.05) is 19.6 Å². The number of imidazole rings is 1. The Kier molecular flexibility index (Phi) is 7.70. The molecule has 0 saturated carbocycles. The van der Waals surface area contributed by atoms with Gasteiger partial charge >= 0.3 is 6.03 Å². The van der Waals surface area contributed by atoms with Crippen LogP contribution in [0.25, 0.3) is 0 Å². The summed E-state index contributed by atoms with van der Waals surface area (Å²) in [5.41, 5.74) is 0. The fourth-order valence-electron chi connectivity index (χ4n) is 2.01. The standard InChI is InChI=1S/C14H26N4O/c1-3-18(4-2)14(19)16-9-7-5-6-8-11-17-12-10-15-13-17/h10,12-13H,3-9,11H2,1-2H3,(H,16,19). The first kappa shape index (κ1) is 15.5. The smallest absolute Gasteiger partial charge is 0.317 e. The van der Waals surface area contributed by atoms with Crippen LogP contribution in [0.15, 0.2) is 18.7 Å². The molecule has 0 atom stereocenters. The highest BCUT2D eigenvalue weighted by molar-refractivity contribution is 5.73. The van der Waals surface area contributed by atoms with E-state index in [1.165, 1.54) is 12.8 Å². The number of hydrogen-bond donors (Lipinski definition) is 1. The lowest BCUT2D eigenvalue weighted by atomic mass is 10.2. The minimum atomic E-state index is 0.0587. The number of carbonyl (C=O) groups is 1. The van der Waals surface area contributed by atoms with Crippen molar-refractivity contribution in [3.05, 3.63) is 18.7 Å². The number of aromatic nitrogens is 2. The Bertz CT molecular complexity index is 333. The normalized spacial score (nSPS) is 10.4. The van der Waals surface area contributed by atoms with E-state index in [4.69, 9.17) is 0 Å². The Morgan fingerprint density at radius 1 is 1.21 bits per heavy atom. The van der Waals surface area contributed by atoms with E-state index < -0.39 is 0 Å². The molecule has 5 heteroatoms. The summed E-state index contributed by atoms with van der Waals surface area (Å²) in [6, 6.07) is 0.0587. The summed E-state index contributed by atoms with van der Waals surface area (Å²) in [4.78, 5) is 17.5. The van der Waals surface area contributed by atoms with Gasteiger partial charge in [-0.1, -0.05) is 12.8 Å². The highest BCUT2D eigenvalue weighted by atomic mass is 16.2. The predicted molar refractivity (Wildman–Crippen MR) is 77.0 cm³/mol. The number of hydrogen-bond acceptors (Lipinski definition) is 2. The second-order valence-corrected chi connectivity index (χ2v) is 4.62. The highest BCUT2D eigenvalue weighted by Gasteiger charge is 2.06. The molecule has 5 nitrogen and oxygen atoms in total. The quantitative estimate of drug-likeness (QED) is 0.698. The molecule has 0 bridgehead atoms. The van der Waals surface area contributed by atoms with Crippen molar-refractivity contribution >= 4 is 6.03 Å². The number of unbranched alkanes of at least 4 members (excludes halogenated alkanes) is 3. The fraction of sp³-hybridized carbons (Fsp3) is 0.714. The summed E-state index contributed by atoms with van der Waals surface area (Å²) >= 11 is 0. The average Bonchev–Trinajstić information content (AvgIpc) is 2.92. The minimum Gasteiger partial charge on any atom is -0.338 e. The summed E-state index contributed by atoms with van der Waals surface area (Å²) in [6.07, 6.45) is 10.2. The maximum absolute atomic E-state index is 11.7. The molecule has 0 radical (unpaired) electrons. The lowest BCUT2D eigenvalue weighted by Crippen LogP contribution is -2.40. The van der Waals surface area contributed by atoms with Crippen LogP contribution in [-0.4, -0.2) is 40.1 Å². The molecule has 0 fully saturated rings. The van der Waals surface area contributed by atoms with Gasteiger partial charge < -0.3 is 14.8 Å². The van der Waals surface area contributed by atoms with Gasteiger partial charge in [0.05, 0.1) is 6.33 Å². The molecule has 1 heterocycles. The monoisotopic (exact) mass is 266 g/mol. The van der Waals surface area contributed by atoms with E-state index in [1.807, 2.05) is 32.6 Å². The Morgan fingerprint density at radius 2 is 1.95 bits per heavy atom. The molecular formula is C14H26N4O. The third kappa shape index (κ3) is 6.27. The number of amides is 2. The number of carbonyl (C=O) groups excluding carboxylic acids is 1. The number of nitrogens with one attached hydrogen (secondary N) is 1. The van der Waals surface area contributed by atoms with Crippen LogP contribution in [0.4, 0.5) is 4.79 Å². The fourth-order valence-corrected chi connectivity index (χ4v) is 2.01. The Hall–Kier alpha value is -1.52. The summed E-state index contributed by atoms with van der Waals surface area (Å²) < 4.78 is 2.10. The van der Waals surface area contributed by atoms with Crippen LogP contribution in [0.1, 0.15) is 39.5 Å². The summed E-state index contributed by atoms with van der Waals surface area (Å²) in [7, 11) is 0. The predicted octanol–water partition coefficient (Wildman–Crippen LogP) is 2.49. The Morgan fingerprint density at radius 3 is 2.58 bits per heavy atom. The maximum Gasteiger partial charge on any atom is 0.317 e. The first-order chi connectivity index (χ1) is 9.27. The molecule has 0 unspecified atom stereocenters. The van der Waals surface area contributed by atoms with Crippen molar-refractivity contribution in [1.82, 2.24) is 19.8 Å². The molecule has 1 aromatic rings. The number of nitrogens with zero attached hydrogens (tertiary/aromatic N) is 3. The van der Waals surface area contributed by atoms with E-state index >= 15 is 0 Å². The van der Waals surface area contributed by atoms with E-state index in [1.54, 1.807) is 4.90 Å². The zero-order valence-corrected chi connectivity index (χ0v) is 12.1. The van der Waals surface area contributed by atoms with Crippen LogP contribution in [0.3, 0.4) is 0 Å². The molecule has 1 N–H and O–H groups in total. The van der Waals surface area contributed by atoms with Gasteiger partial charge in [-0.05, 0) is 26.7 Å². The van der Waals surface area contributed by atoms with Crippen molar-refractivity contribution in [1.29, 1.82) is 0 Å². The van der Waals surface area contributed by atoms with E-state index in [2.05, 4.69) is 14.9 Å². The molecular weight excluding hydrogens is 240 g/mol. The summed E-state index contributed by atoms with van der Waals surface area (Å²) in [6.45, 7) is 7.35. The molecule has 0 saturated heterocycles. The molecule has 0 aliphatic carbocycles. The molecule has 0 aromatic carbocycles. The Labute approximate surface area is 116 Å². The highest BCUT2D eigenvalue weighted by Crippen LogP contribution is 2.01. The molecule has 19 heavy (non-hydrogen) atoms. The van der Waals surface area contributed by atoms with Crippen LogP contribution in [-0.2, 0) is 6.54 Å². The molecule has 108 valence electrons. The van der Waals surface area contributed by atoms with Crippen molar-refractivity contribution in [3.8, 4) is 0 Å². The largest absolute Gasteiger partial charge is 0.338 e. The maximum atomic E-state index is 11.7. The van der Waals surface area contributed by atoms with Crippen molar-refractivity contribution in [3.63, 3.8) is 0 Å². The van der Waals surface area contributed by atoms with Gasteiger partial charge in [-0.2, -0.15) is 0 Å². The van der Waals surface area contributed by atoms with Gasteiger partial charge in [0.25, 0.3) is 0 Å². The zero-order valence-electron chi connectivity index (χ0n) is 12.1. The van der Waals surface area contributed by atoms with E-state index in [0.29, 0.717) is 0 Å². The summed E-state index contributed by atoms with van der Waals surface area (Å²) in [5.74, 6) is 0. The minimum absolute atomic E-state index is 0.0587. The van der Waals surface area contributed by atoms with Crippen LogP contribution in [0.5, 0.6) is 0 Å². The van der Waals surface area contributed by atoms with Crippen LogP contribution < -0.4 is 5.32 Å². The second-order valence-electron chi connectivity index (χ2n) is 4.62. The molecule has 0 aliphatic rings. The zero-order chi connectivity index (χ0) is 13.9. The number of urea groups is 1. The van der Waals surface area contributed by atoms with Gasteiger partial charge in [-0.15, -0.1) is 0 Å². The molecule has 1 rings (SSSR count). The van der Waals surface area contributed by atoms with Crippen LogP contribution in [0.2, 0.25) is 0 Å². The first-order valence-electron chi connectivity index (χ1n) is 7.26. The van der Waals surface area contributed by atoms with Gasteiger partial charge in [-0.25, -0.2) is 9.78 Å². The molecule has 1 aromatic heterocycles. The second kappa shape index (κ2) is 9.42. The van der Waals surface area contributed by atoms with E-state index in [0.717, 1.165) is 39.0 Å². The third-order valence-electron chi connectivity index (χ3n) is 3.23.